The van der Waals surface area contributed by atoms with Gasteiger partial charge in [-0.1, -0.05) is 0 Å². The summed E-state index contributed by atoms with van der Waals surface area (Å²) in [6.07, 6.45) is 0. The number of carbonyl (C=O) groups is 3. The lowest BCUT2D eigenvalue weighted by Crippen LogP contribution is -2.34. The fourth-order valence-corrected chi connectivity index (χ4v) is 2.75. The second-order valence-corrected chi connectivity index (χ2v) is 5.29. The molecule has 1 fully saturated rings. The molecule has 0 unspecified atom stereocenters. The second kappa shape index (κ2) is 6.49. The van der Waals surface area contributed by atoms with Gasteiger partial charge >= 0.3 is 5.97 Å². The number of thioether (sulfide) groups is 1. The number of amides is 2. The lowest BCUT2D eigenvalue weighted by atomic mass is 10.2. The van der Waals surface area contributed by atoms with Crippen LogP contribution in [0, 0.1) is 0 Å². The molecule has 0 radical (unpaired) electrons. The van der Waals surface area contributed by atoms with Crippen LogP contribution < -0.4 is 10.1 Å². The molecule has 2 rings (SSSR count). The van der Waals surface area contributed by atoms with Crippen molar-refractivity contribution in [3.8, 4) is 5.75 Å². The molecule has 0 atom stereocenters. The maximum absolute atomic E-state index is 11.9. The van der Waals surface area contributed by atoms with E-state index in [-0.39, 0.29) is 23.7 Å². The van der Waals surface area contributed by atoms with E-state index in [4.69, 9.17) is 9.84 Å². The van der Waals surface area contributed by atoms with Gasteiger partial charge in [0.15, 0.2) is 0 Å². The summed E-state index contributed by atoms with van der Waals surface area (Å²) in [6.45, 7) is -0.0632. The number of rotatable bonds is 5. The summed E-state index contributed by atoms with van der Waals surface area (Å²) >= 11 is 1.45. The fourth-order valence-electron chi connectivity index (χ4n) is 1.84. The Balaban J connectivity index is 2.10. The molecule has 8 heteroatoms. The predicted octanol–water partition coefficient (Wildman–Crippen LogP) is 0.865. The summed E-state index contributed by atoms with van der Waals surface area (Å²) in [7, 11) is 1.42. The van der Waals surface area contributed by atoms with Crippen LogP contribution in [0.3, 0.4) is 0 Å². The average molecular weight is 310 g/mol. The molecule has 21 heavy (non-hydrogen) atoms. The smallest absolute Gasteiger partial charge is 0.335 e. The number of carboxylic acid groups (broad SMARTS) is 1. The molecule has 0 spiro atoms. The van der Waals surface area contributed by atoms with E-state index in [1.807, 2.05) is 0 Å². The van der Waals surface area contributed by atoms with Gasteiger partial charge in [-0.25, -0.2) is 4.79 Å². The summed E-state index contributed by atoms with van der Waals surface area (Å²) in [4.78, 5) is 35.8. The van der Waals surface area contributed by atoms with Gasteiger partial charge in [-0.05, 0) is 18.2 Å². The monoisotopic (exact) mass is 310 g/mol. The van der Waals surface area contributed by atoms with Gasteiger partial charge in [0, 0.05) is 0 Å². The Labute approximate surface area is 125 Å². The second-order valence-electron chi connectivity index (χ2n) is 4.34. The number of benzene rings is 1. The van der Waals surface area contributed by atoms with Crippen molar-refractivity contribution in [1.82, 2.24) is 4.90 Å². The maximum atomic E-state index is 11.9. The van der Waals surface area contributed by atoms with Gasteiger partial charge in [0.2, 0.25) is 11.8 Å². The van der Waals surface area contributed by atoms with Gasteiger partial charge in [-0.2, -0.15) is 0 Å². The van der Waals surface area contributed by atoms with E-state index in [0.717, 1.165) is 0 Å². The van der Waals surface area contributed by atoms with E-state index >= 15 is 0 Å². The normalized spacial score (nSPS) is 14.1. The van der Waals surface area contributed by atoms with Crippen molar-refractivity contribution in [3.05, 3.63) is 23.8 Å². The van der Waals surface area contributed by atoms with E-state index in [2.05, 4.69) is 5.32 Å². The first-order valence-corrected chi connectivity index (χ1v) is 7.23. The molecule has 1 aromatic rings. The molecule has 0 bridgehead atoms. The molecular weight excluding hydrogens is 296 g/mol. The van der Waals surface area contributed by atoms with Gasteiger partial charge in [-0.3, -0.25) is 9.59 Å². The number of methoxy groups -OCH3 is 1. The van der Waals surface area contributed by atoms with Crippen molar-refractivity contribution >= 4 is 35.2 Å². The van der Waals surface area contributed by atoms with Crippen molar-refractivity contribution in [3.63, 3.8) is 0 Å². The van der Waals surface area contributed by atoms with Crippen LogP contribution >= 0.6 is 11.8 Å². The topological polar surface area (TPSA) is 95.9 Å². The molecule has 1 heterocycles. The molecule has 1 aliphatic heterocycles. The highest BCUT2D eigenvalue weighted by molar-refractivity contribution is 8.00. The molecule has 0 aliphatic carbocycles. The Kier molecular flexibility index (Phi) is 4.69. The first-order valence-electron chi connectivity index (χ1n) is 6.08. The number of anilines is 1. The Hall–Kier alpha value is -2.22. The molecule has 2 N–H and O–H groups in total. The highest BCUT2D eigenvalue weighted by atomic mass is 32.2. The summed E-state index contributed by atoms with van der Waals surface area (Å²) < 4.78 is 5.08. The summed E-state index contributed by atoms with van der Waals surface area (Å²) in [6, 6.07) is 4.17. The third-order valence-corrected chi connectivity index (χ3v) is 3.83. The number of carboxylic acids is 1. The van der Waals surface area contributed by atoms with Crippen molar-refractivity contribution in [2.75, 3.05) is 30.6 Å². The van der Waals surface area contributed by atoms with Crippen molar-refractivity contribution in [1.29, 1.82) is 0 Å². The zero-order valence-electron chi connectivity index (χ0n) is 11.3. The lowest BCUT2D eigenvalue weighted by molar-refractivity contribution is -0.130. The molecule has 0 aromatic heterocycles. The zero-order valence-corrected chi connectivity index (χ0v) is 12.1. The Bertz CT molecular complexity index is 590. The van der Waals surface area contributed by atoms with Crippen LogP contribution in [0.1, 0.15) is 10.4 Å². The highest BCUT2D eigenvalue weighted by Gasteiger charge is 2.23. The van der Waals surface area contributed by atoms with E-state index in [1.165, 1.54) is 42.0 Å². The molecule has 1 aliphatic rings. The van der Waals surface area contributed by atoms with E-state index in [1.54, 1.807) is 0 Å². The van der Waals surface area contributed by atoms with Crippen LogP contribution in [0.25, 0.3) is 0 Å². The standard InChI is InChI=1S/C13H14N2O5S/c1-20-10-3-2-8(13(18)19)4-9(10)14-11(16)5-15-7-21-6-12(15)17/h2-4H,5-7H2,1H3,(H,14,16)(H,18,19). The summed E-state index contributed by atoms with van der Waals surface area (Å²) in [5.41, 5.74) is 0.306. The minimum atomic E-state index is -1.10. The quantitative estimate of drug-likeness (QED) is 0.837. The third-order valence-electron chi connectivity index (χ3n) is 2.88. The van der Waals surface area contributed by atoms with Crippen molar-refractivity contribution in [2.24, 2.45) is 0 Å². The Morgan fingerprint density at radius 2 is 2.24 bits per heavy atom. The minimum Gasteiger partial charge on any atom is -0.495 e. The number of aromatic carboxylic acids is 1. The first-order chi connectivity index (χ1) is 10.0. The fraction of sp³-hybridized carbons (Fsp3) is 0.308. The van der Waals surface area contributed by atoms with E-state index in [9.17, 15) is 14.4 Å². The minimum absolute atomic E-state index is 0.0407. The SMILES string of the molecule is COc1ccc(C(=O)O)cc1NC(=O)CN1CSCC1=O. The number of carbonyl (C=O) groups excluding carboxylic acids is 2. The summed E-state index contributed by atoms with van der Waals surface area (Å²) in [5, 5.41) is 11.5. The Morgan fingerprint density at radius 3 is 2.81 bits per heavy atom. The number of nitrogens with one attached hydrogen (secondary N) is 1. The van der Waals surface area contributed by atoms with Gasteiger partial charge in [0.25, 0.3) is 0 Å². The lowest BCUT2D eigenvalue weighted by Gasteiger charge is -2.15. The van der Waals surface area contributed by atoms with Crippen molar-refractivity contribution < 1.29 is 24.2 Å². The molecule has 1 saturated heterocycles. The molecule has 112 valence electrons. The van der Waals surface area contributed by atoms with Gasteiger partial charge in [-0.15, -0.1) is 11.8 Å². The van der Waals surface area contributed by atoms with Crippen LogP contribution in [0.4, 0.5) is 5.69 Å². The average Bonchev–Trinajstić information content (AvgIpc) is 2.84. The van der Waals surface area contributed by atoms with Crippen LogP contribution in [-0.2, 0) is 9.59 Å². The maximum Gasteiger partial charge on any atom is 0.335 e. The summed E-state index contributed by atoms with van der Waals surface area (Å²) in [5.74, 6) is -0.355. The highest BCUT2D eigenvalue weighted by Crippen LogP contribution is 2.25. The zero-order chi connectivity index (χ0) is 15.4. The van der Waals surface area contributed by atoms with Crippen LogP contribution in [0.5, 0.6) is 5.75 Å². The largest absolute Gasteiger partial charge is 0.495 e. The molecular formula is C13H14N2O5S. The van der Waals surface area contributed by atoms with Crippen LogP contribution in [0.15, 0.2) is 18.2 Å². The van der Waals surface area contributed by atoms with Gasteiger partial charge < -0.3 is 20.1 Å². The van der Waals surface area contributed by atoms with Crippen LogP contribution in [-0.4, -0.2) is 53.1 Å². The molecule has 2 amide bonds. The number of nitrogens with zero attached hydrogens (tertiary/aromatic N) is 1. The van der Waals surface area contributed by atoms with Gasteiger partial charge in [0.05, 0.1) is 30.0 Å². The molecule has 7 nitrogen and oxygen atoms in total. The third kappa shape index (κ3) is 3.66. The van der Waals surface area contributed by atoms with E-state index in [0.29, 0.717) is 17.4 Å². The Morgan fingerprint density at radius 1 is 1.48 bits per heavy atom. The number of hydrogen-bond donors (Lipinski definition) is 2. The predicted molar refractivity (Wildman–Crippen MR) is 77.6 cm³/mol. The number of hydrogen-bond acceptors (Lipinski definition) is 5. The van der Waals surface area contributed by atoms with Crippen molar-refractivity contribution in [2.45, 2.75) is 0 Å². The van der Waals surface area contributed by atoms with E-state index < -0.39 is 11.9 Å². The number of ether oxygens (including phenoxy) is 1. The molecule has 0 saturated carbocycles. The van der Waals surface area contributed by atoms with Gasteiger partial charge in [0.1, 0.15) is 12.3 Å². The van der Waals surface area contributed by atoms with Crippen LogP contribution in [0.2, 0.25) is 0 Å². The first kappa shape index (κ1) is 15.2. The molecule has 1 aromatic carbocycles.